The SMILES string of the molecule is CC(O)CNc1nc2ccccc2n1CCCO. The molecule has 18 heavy (non-hydrogen) atoms. The average Bonchev–Trinajstić information content (AvgIpc) is 2.71. The maximum atomic E-state index is 9.32. The number of aromatic nitrogens is 2. The zero-order chi connectivity index (χ0) is 13.0. The van der Waals surface area contributed by atoms with Gasteiger partial charge in [0.1, 0.15) is 0 Å². The van der Waals surface area contributed by atoms with E-state index >= 15 is 0 Å². The first-order valence-corrected chi connectivity index (χ1v) is 6.20. The number of nitrogens with one attached hydrogen (secondary N) is 1. The minimum absolute atomic E-state index is 0.155. The number of anilines is 1. The predicted molar refractivity (Wildman–Crippen MR) is 71.6 cm³/mol. The molecule has 2 rings (SSSR count). The van der Waals surface area contributed by atoms with Gasteiger partial charge in [0.05, 0.1) is 17.1 Å². The van der Waals surface area contributed by atoms with Crippen molar-refractivity contribution in [2.45, 2.75) is 26.0 Å². The summed E-state index contributed by atoms with van der Waals surface area (Å²) in [5, 5.41) is 21.4. The molecule has 0 aliphatic rings. The molecule has 0 aliphatic heterocycles. The summed E-state index contributed by atoms with van der Waals surface area (Å²) < 4.78 is 2.04. The van der Waals surface area contributed by atoms with Gasteiger partial charge in [-0.1, -0.05) is 12.1 Å². The maximum Gasteiger partial charge on any atom is 0.203 e. The van der Waals surface area contributed by atoms with Gasteiger partial charge in [-0.05, 0) is 25.5 Å². The molecule has 1 aromatic heterocycles. The van der Waals surface area contributed by atoms with Crippen molar-refractivity contribution in [3.05, 3.63) is 24.3 Å². The Morgan fingerprint density at radius 2 is 2.17 bits per heavy atom. The number of nitrogens with zero attached hydrogens (tertiary/aromatic N) is 2. The molecule has 5 heteroatoms. The predicted octanol–water partition coefficient (Wildman–Crippen LogP) is 1.21. The number of benzene rings is 1. The molecule has 2 aromatic rings. The summed E-state index contributed by atoms with van der Waals surface area (Å²) in [4.78, 5) is 4.50. The fraction of sp³-hybridized carbons (Fsp3) is 0.462. The Balaban J connectivity index is 2.30. The van der Waals surface area contributed by atoms with E-state index in [1.54, 1.807) is 6.92 Å². The highest BCUT2D eigenvalue weighted by molar-refractivity contribution is 5.78. The fourth-order valence-corrected chi connectivity index (χ4v) is 1.90. The number of rotatable bonds is 6. The molecule has 0 amide bonds. The normalized spacial score (nSPS) is 12.8. The van der Waals surface area contributed by atoms with Crippen LogP contribution in [0.3, 0.4) is 0 Å². The summed E-state index contributed by atoms with van der Waals surface area (Å²) in [5.41, 5.74) is 1.96. The van der Waals surface area contributed by atoms with E-state index in [1.807, 2.05) is 28.8 Å². The lowest BCUT2D eigenvalue weighted by Gasteiger charge is -2.11. The number of aryl methyl sites for hydroxylation is 1. The van der Waals surface area contributed by atoms with Gasteiger partial charge in [-0.15, -0.1) is 0 Å². The molecule has 0 saturated carbocycles. The standard InChI is InChI=1S/C13H19N3O2/c1-10(18)9-14-13-15-11-5-2-3-6-12(11)16(13)7-4-8-17/h2-3,5-6,10,17-18H,4,7-9H2,1H3,(H,14,15). The highest BCUT2D eigenvalue weighted by Crippen LogP contribution is 2.19. The van der Waals surface area contributed by atoms with E-state index in [0.717, 1.165) is 17.0 Å². The Bertz CT molecular complexity index is 508. The van der Waals surface area contributed by atoms with Crippen molar-refractivity contribution >= 4 is 17.0 Å². The first-order chi connectivity index (χ1) is 8.72. The summed E-state index contributed by atoms with van der Waals surface area (Å²) in [6.07, 6.45) is 0.264. The van der Waals surface area contributed by atoms with Crippen molar-refractivity contribution < 1.29 is 10.2 Å². The molecule has 3 N–H and O–H groups in total. The molecule has 1 unspecified atom stereocenters. The van der Waals surface area contributed by atoms with Crippen LogP contribution >= 0.6 is 0 Å². The number of para-hydroxylation sites is 2. The van der Waals surface area contributed by atoms with E-state index < -0.39 is 6.10 Å². The number of hydrogen-bond donors (Lipinski definition) is 3. The maximum absolute atomic E-state index is 9.32. The second-order valence-corrected chi connectivity index (χ2v) is 4.38. The first-order valence-electron chi connectivity index (χ1n) is 6.20. The lowest BCUT2D eigenvalue weighted by Crippen LogP contribution is -2.18. The number of fused-ring (bicyclic) bond motifs is 1. The van der Waals surface area contributed by atoms with Crippen molar-refractivity contribution in [1.82, 2.24) is 9.55 Å². The average molecular weight is 249 g/mol. The molecule has 0 fully saturated rings. The van der Waals surface area contributed by atoms with Crippen LogP contribution in [0.15, 0.2) is 24.3 Å². The third-order valence-corrected chi connectivity index (χ3v) is 2.75. The Morgan fingerprint density at radius 1 is 1.39 bits per heavy atom. The van der Waals surface area contributed by atoms with Crippen LogP contribution in [0.25, 0.3) is 11.0 Å². The molecule has 1 aromatic carbocycles. The lowest BCUT2D eigenvalue weighted by molar-refractivity contribution is 0.208. The number of aliphatic hydroxyl groups is 2. The van der Waals surface area contributed by atoms with E-state index in [1.165, 1.54) is 0 Å². The fourth-order valence-electron chi connectivity index (χ4n) is 1.90. The molecule has 1 atom stereocenters. The van der Waals surface area contributed by atoms with Crippen LogP contribution in [-0.2, 0) is 6.54 Å². The minimum atomic E-state index is -0.420. The Labute approximate surface area is 106 Å². The molecular weight excluding hydrogens is 230 g/mol. The van der Waals surface area contributed by atoms with Gasteiger partial charge in [0, 0.05) is 19.7 Å². The van der Waals surface area contributed by atoms with E-state index in [9.17, 15) is 5.11 Å². The lowest BCUT2D eigenvalue weighted by atomic mass is 10.3. The van der Waals surface area contributed by atoms with Gasteiger partial charge in [-0.3, -0.25) is 0 Å². The summed E-state index contributed by atoms with van der Waals surface area (Å²) >= 11 is 0. The highest BCUT2D eigenvalue weighted by Gasteiger charge is 2.10. The van der Waals surface area contributed by atoms with E-state index in [-0.39, 0.29) is 6.61 Å². The van der Waals surface area contributed by atoms with Gasteiger partial charge in [-0.25, -0.2) is 4.98 Å². The molecule has 5 nitrogen and oxygen atoms in total. The van der Waals surface area contributed by atoms with Gasteiger partial charge in [-0.2, -0.15) is 0 Å². The first kappa shape index (κ1) is 12.9. The topological polar surface area (TPSA) is 70.3 Å². The summed E-state index contributed by atoms with van der Waals surface area (Å²) in [5.74, 6) is 0.741. The molecule has 0 bridgehead atoms. The minimum Gasteiger partial charge on any atom is -0.396 e. The van der Waals surface area contributed by atoms with Crippen LogP contribution in [0, 0.1) is 0 Å². The van der Waals surface area contributed by atoms with Crippen molar-refractivity contribution in [1.29, 1.82) is 0 Å². The van der Waals surface area contributed by atoms with Crippen molar-refractivity contribution in [2.75, 3.05) is 18.5 Å². The largest absolute Gasteiger partial charge is 0.396 e. The monoisotopic (exact) mass is 249 g/mol. The van der Waals surface area contributed by atoms with E-state index in [0.29, 0.717) is 19.5 Å². The molecule has 1 heterocycles. The van der Waals surface area contributed by atoms with E-state index in [4.69, 9.17) is 5.11 Å². The number of aliphatic hydroxyl groups excluding tert-OH is 2. The van der Waals surface area contributed by atoms with Crippen molar-refractivity contribution in [3.8, 4) is 0 Å². The van der Waals surface area contributed by atoms with Crippen molar-refractivity contribution in [2.24, 2.45) is 0 Å². The zero-order valence-corrected chi connectivity index (χ0v) is 10.5. The summed E-state index contributed by atoms with van der Waals surface area (Å²) in [6, 6.07) is 7.88. The number of imidazole rings is 1. The smallest absolute Gasteiger partial charge is 0.203 e. The second kappa shape index (κ2) is 5.84. The van der Waals surface area contributed by atoms with Gasteiger partial charge in [0.25, 0.3) is 0 Å². The van der Waals surface area contributed by atoms with Crippen LogP contribution in [0.1, 0.15) is 13.3 Å². The summed E-state index contributed by atoms with van der Waals surface area (Å²) in [6.45, 7) is 3.05. The van der Waals surface area contributed by atoms with E-state index in [2.05, 4.69) is 10.3 Å². The van der Waals surface area contributed by atoms with Crippen LogP contribution in [0.4, 0.5) is 5.95 Å². The molecule has 0 spiro atoms. The van der Waals surface area contributed by atoms with Crippen LogP contribution in [-0.4, -0.2) is 39.0 Å². The Kier molecular flexibility index (Phi) is 4.17. The quantitative estimate of drug-likeness (QED) is 0.719. The molecule has 0 radical (unpaired) electrons. The third kappa shape index (κ3) is 2.80. The molecule has 0 aliphatic carbocycles. The third-order valence-electron chi connectivity index (χ3n) is 2.75. The van der Waals surface area contributed by atoms with Crippen LogP contribution in [0.2, 0.25) is 0 Å². The van der Waals surface area contributed by atoms with Gasteiger partial charge in [0.2, 0.25) is 5.95 Å². The van der Waals surface area contributed by atoms with Gasteiger partial charge in [0.15, 0.2) is 0 Å². The zero-order valence-electron chi connectivity index (χ0n) is 10.5. The van der Waals surface area contributed by atoms with Crippen LogP contribution in [0.5, 0.6) is 0 Å². The van der Waals surface area contributed by atoms with Gasteiger partial charge >= 0.3 is 0 Å². The summed E-state index contributed by atoms with van der Waals surface area (Å²) in [7, 11) is 0. The second-order valence-electron chi connectivity index (χ2n) is 4.38. The molecular formula is C13H19N3O2. The Hall–Kier alpha value is -1.59. The van der Waals surface area contributed by atoms with Crippen molar-refractivity contribution in [3.63, 3.8) is 0 Å². The van der Waals surface area contributed by atoms with Crippen LogP contribution < -0.4 is 5.32 Å². The molecule has 98 valence electrons. The van der Waals surface area contributed by atoms with Gasteiger partial charge < -0.3 is 20.1 Å². The Morgan fingerprint density at radius 3 is 2.89 bits per heavy atom. The number of hydrogen-bond acceptors (Lipinski definition) is 4. The highest BCUT2D eigenvalue weighted by atomic mass is 16.3. The molecule has 0 saturated heterocycles.